The van der Waals surface area contributed by atoms with E-state index in [-0.39, 0.29) is 5.91 Å². The average molecular weight is 294 g/mol. The molecule has 0 bridgehead atoms. The molecule has 6 heteroatoms. The van der Waals surface area contributed by atoms with E-state index >= 15 is 0 Å². The van der Waals surface area contributed by atoms with E-state index in [1.54, 1.807) is 12.3 Å². The van der Waals surface area contributed by atoms with Crippen LogP contribution in [0, 0.1) is 0 Å². The van der Waals surface area contributed by atoms with Crippen LogP contribution in [0.25, 0.3) is 11.0 Å². The Morgan fingerprint density at radius 2 is 2.32 bits per heavy atom. The summed E-state index contributed by atoms with van der Waals surface area (Å²) in [5.74, 6) is 0.767. The number of nitrogens with zero attached hydrogens (tertiary/aromatic N) is 2. The number of H-pyrrole nitrogens is 1. The van der Waals surface area contributed by atoms with Gasteiger partial charge in [-0.15, -0.1) is 0 Å². The van der Waals surface area contributed by atoms with Crippen molar-refractivity contribution in [3.63, 3.8) is 0 Å². The minimum absolute atomic E-state index is 0.110. The Bertz CT molecular complexity index is 856. The minimum atomic E-state index is -0.110. The molecule has 0 unspecified atom stereocenters. The lowest BCUT2D eigenvalue weighted by Crippen LogP contribution is -2.23. The maximum atomic E-state index is 12.3. The SMILES string of the molecule is O=C(NCc1[nH]nc2ncccc12)c1ccc2c(c1)CCO2. The van der Waals surface area contributed by atoms with Crippen molar-refractivity contribution in [2.24, 2.45) is 0 Å². The molecule has 0 aliphatic carbocycles. The molecule has 3 aromatic rings. The molecule has 110 valence electrons. The minimum Gasteiger partial charge on any atom is -0.493 e. The van der Waals surface area contributed by atoms with Crippen molar-refractivity contribution in [1.82, 2.24) is 20.5 Å². The van der Waals surface area contributed by atoms with Crippen molar-refractivity contribution < 1.29 is 9.53 Å². The summed E-state index contributed by atoms with van der Waals surface area (Å²) in [5, 5.41) is 10.9. The van der Waals surface area contributed by atoms with Gasteiger partial charge in [0, 0.05) is 23.6 Å². The zero-order valence-corrected chi connectivity index (χ0v) is 11.8. The monoisotopic (exact) mass is 294 g/mol. The predicted molar refractivity (Wildman–Crippen MR) is 80.7 cm³/mol. The van der Waals surface area contributed by atoms with Crippen LogP contribution in [-0.4, -0.2) is 27.7 Å². The first-order valence-electron chi connectivity index (χ1n) is 7.13. The zero-order chi connectivity index (χ0) is 14.9. The molecule has 0 fully saturated rings. The largest absolute Gasteiger partial charge is 0.493 e. The third-order valence-corrected chi connectivity index (χ3v) is 3.79. The maximum Gasteiger partial charge on any atom is 0.251 e. The molecule has 22 heavy (non-hydrogen) atoms. The highest BCUT2D eigenvalue weighted by Crippen LogP contribution is 2.25. The predicted octanol–water partition coefficient (Wildman–Crippen LogP) is 1.82. The first kappa shape index (κ1) is 12.8. The molecule has 0 atom stereocenters. The Labute approximate surface area is 126 Å². The van der Waals surface area contributed by atoms with E-state index in [1.165, 1.54) is 0 Å². The van der Waals surface area contributed by atoms with Crippen LogP contribution in [0.4, 0.5) is 0 Å². The fraction of sp³-hybridized carbons (Fsp3) is 0.188. The molecule has 6 nitrogen and oxygen atoms in total. The Balaban J connectivity index is 1.50. The second-order valence-corrected chi connectivity index (χ2v) is 5.18. The van der Waals surface area contributed by atoms with Crippen molar-refractivity contribution in [2.75, 3.05) is 6.61 Å². The van der Waals surface area contributed by atoms with E-state index in [9.17, 15) is 4.79 Å². The number of carbonyl (C=O) groups excluding carboxylic acids is 1. The standard InChI is InChI=1S/C16H14N4O2/c21-16(11-3-4-14-10(8-11)5-7-22-14)18-9-13-12-2-1-6-17-15(12)20-19-13/h1-4,6,8H,5,7,9H2,(H,18,21)(H,17,19,20). The highest BCUT2D eigenvalue weighted by Gasteiger charge is 2.15. The number of aromatic nitrogens is 3. The second kappa shape index (κ2) is 5.14. The molecule has 0 saturated heterocycles. The number of hydrogen-bond acceptors (Lipinski definition) is 4. The molecular formula is C16H14N4O2. The summed E-state index contributed by atoms with van der Waals surface area (Å²) < 4.78 is 5.45. The van der Waals surface area contributed by atoms with Gasteiger partial charge >= 0.3 is 0 Å². The van der Waals surface area contributed by atoms with Crippen molar-refractivity contribution in [3.05, 3.63) is 53.3 Å². The maximum absolute atomic E-state index is 12.3. The van der Waals surface area contributed by atoms with Crippen LogP contribution in [0.1, 0.15) is 21.6 Å². The van der Waals surface area contributed by atoms with Gasteiger partial charge in [-0.3, -0.25) is 9.89 Å². The quantitative estimate of drug-likeness (QED) is 0.772. The molecular weight excluding hydrogens is 280 g/mol. The van der Waals surface area contributed by atoms with Crippen molar-refractivity contribution in [3.8, 4) is 5.75 Å². The van der Waals surface area contributed by atoms with Gasteiger partial charge in [0.25, 0.3) is 5.91 Å². The summed E-state index contributed by atoms with van der Waals surface area (Å²) in [5.41, 5.74) is 3.23. The molecule has 1 amide bonds. The normalized spacial score (nSPS) is 12.9. The van der Waals surface area contributed by atoms with E-state index in [4.69, 9.17) is 4.74 Å². The van der Waals surface area contributed by atoms with Crippen LogP contribution >= 0.6 is 0 Å². The molecule has 2 aromatic heterocycles. The van der Waals surface area contributed by atoms with Crippen molar-refractivity contribution in [1.29, 1.82) is 0 Å². The van der Waals surface area contributed by atoms with Crippen LogP contribution in [0.3, 0.4) is 0 Å². The van der Waals surface area contributed by atoms with E-state index in [1.807, 2.05) is 24.3 Å². The van der Waals surface area contributed by atoms with E-state index in [0.717, 1.165) is 28.8 Å². The molecule has 4 rings (SSSR count). The average Bonchev–Trinajstić information content (AvgIpc) is 3.18. The van der Waals surface area contributed by atoms with Crippen LogP contribution < -0.4 is 10.1 Å². The lowest BCUT2D eigenvalue weighted by atomic mass is 10.1. The van der Waals surface area contributed by atoms with Crippen LogP contribution in [-0.2, 0) is 13.0 Å². The molecule has 0 radical (unpaired) electrons. The van der Waals surface area contributed by atoms with Gasteiger partial charge in [0.1, 0.15) is 5.75 Å². The smallest absolute Gasteiger partial charge is 0.251 e. The van der Waals surface area contributed by atoms with Gasteiger partial charge in [-0.1, -0.05) is 0 Å². The topological polar surface area (TPSA) is 79.9 Å². The van der Waals surface area contributed by atoms with Gasteiger partial charge in [-0.25, -0.2) is 4.98 Å². The third kappa shape index (κ3) is 2.18. The molecule has 1 aromatic carbocycles. The van der Waals surface area contributed by atoms with E-state index < -0.39 is 0 Å². The summed E-state index contributed by atoms with van der Waals surface area (Å²) in [4.78, 5) is 16.4. The Morgan fingerprint density at radius 1 is 1.36 bits per heavy atom. The molecule has 2 N–H and O–H groups in total. The van der Waals surface area contributed by atoms with E-state index in [2.05, 4.69) is 20.5 Å². The number of benzene rings is 1. The number of rotatable bonds is 3. The van der Waals surface area contributed by atoms with Crippen molar-refractivity contribution >= 4 is 16.9 Å². The fourth-order valence-corrected chi connectivity index (χ4v) is 2.64. The zero-order valence-electron chi connectivity index (χ0n) is 11.8. The lowest BCUT2D eigenvalue weighted by Gasteiger charge is -2.06. The Hall–Kier alpha value is -2.89. The Morgan fingerprint density at radius 3 is 3.27 bits per heavy atom. The van der Waals surface area contributed by atoms with Gasteiger partial charge in [-0.2, -0.15) is 5.10 Å². The molecule has 0 spiro atoms. The molecule has 3 heterocycles. The number of ether oxygens (including phenoxy) is 1. The summed E-state index contributed by atoms with van der Waals surface area (Å²) in [6.07, 6.45) is 2.55. The summed E-state index contributed by atoms with van der Waals surface area (Å²) >= 11 is 0. The number of carbonyl (C=O) groups is 1. The van der Waals surface area contributed by atoms with Crippen LogP contribution in [0.15, 0.2) is 36.5 Å². The third-order valence-electron chi connectivity index (χ3n) is 3.79. The highest BCUT2D eigenvalue weighted by atomic mass is 16.5. The van der Waals surface area contributed by atoms with Gasteiger partial charge in [0.2, 0.25) is 0 Å². The van der Waals surface area contributed by atoms with Crippen LogP contribution in [0.5, 0.6) is 5.75 Å². The molecule has 0 saturated carbocycles. The number of hydrogen-bond donors (Lipinski definition) is 2. The summed E-state index contributed by atoms with van der Waals surface area (Å²) in [6.45, 7) is 1.07. The Kier molecular flexibility index (Phi) is 3.00. The lowest BCUT2D eigenvalue weighted by molar-refractivity contribution is 0.0950. The summed E-state index contributed by atoms with van der Waals surface area (Å²) in [7, 11) is 0. The van der Waals surface area contributed by atoms with E-state index in [0.29, 0.717) is 24.4 Å². The number of nitrogens with one attached hydrogen (secondary N) is 2. The number of fused-ring (bicyclic) bond motifs is 2. The van der Waals surface area contributed by atoms with Crippen LogP contribution in [0.2, 0.25) is 0 Å². The van der Waals surface area contributed by atoms with Gasteiger partial charge in [-0.05, 0) is 35.9 Å². The molecule has 1 aliphatic heterocycles. The summed E-state index contributed by atoms with van der Waals surface area (Å²) in [6, 6.07) is 9.31. The fourth-order valence-electron chi connectivity index (χ4n) is 2.64. The highest BCUT2D eigenvalue weighted by molar-refractivity contribution is 5.94. The number of pyridine rings is 1. The van der Waals surface area contributed by atoms with Gasteiger partial charge in [0.15, 0.2) is 5.65 Å². The first-order valence-corrected chi connectivity index (χ1v) is 7.13. The van der Waals surface area contributed by atoms with Gasteiger partial charge < -0.3 is 10.1 Å². The van der Waals surface area contributed by atoms with Crippen molar-refractivity contribution in [2.45, 2.75) is 13.0 Å². The second-order valence-electron chi connectivity index (χ2n) is 5.18. The molecule has 1 aliphatic rings. The number of aromatic amines is 1. The number of amides is 1. The van der Waals surface area contributed by atoms with Gasteiger partial charge in [0.05, 0.1) is 18.8 Å². The first-order chi connectivity index (χ1) is 10.8.